The van der Waals surface area contributed by atoms with Crippen LogP contribution in [-0.2, 0) is 6.54 Å². The summed E-state index contributed by atoms with van der Waals surface area (Å²) in [5.74, 6) is 0. The molecule has 1 aliphatic heterocycles. The summed E-state index contributed by atoms with van der Waals surface area (Å²) >= 11 is 0. The summed E-state index contributed by atoms with van der Waals surface area (Å²) in [6.45, 7) is 7.90. The van der Waals surface area contributed by atoms with E-state index >= 15 is 0 Å². The van der Waals surface area contributed by atoms with Crippen molar-refractivity contribution in [2.45, 2.75) is 39.2 Å². The zero-order chi connectivity index (χ0) is 13.3. The molecule has 0 unspecified atom stereocenters. The third kappa shape index (κ3) is 5.20. The largest absolute Gasteiger partial charge is 0.449 e. The Hall–Kier alpha value is -1.07. The molecule has 2 rings (SSSR count). The molecule has 0 spiro atoms. The maximum absolute atomic E-state index is 5.55. The molecular weight excluding hydrogens is 242 g/mol. The zero-order valence-corrected chi connectivity index (χ0v) is 11.9. The fourth-order valence-electron chi connectivity index (χ4n) is 2.27. The Kier molecular flexibility index (Phi) is 6.17. The zero-order valence-electron chi connectivity index (χ0n) is 11.9. The summed E-state index contributed by atoms with van der Waals surface area (Å²) in [5.41, 5.74) is 0.904. The minimum absolute atomic E-state index is 0.394. The third-order valence-corrected chi connectivity index (χ3v) is 3.35. The first-order valence-corrected chi connectivity index (χ1v) is 7.38. The van der Waals surface area contributed by atoms with Crippen molar-refractivity contribution in [3.63, 3.8) is 0 Å². The Balaban J connectivity index is 1.62. The third-order valence-electron chi connectivity index (χ3n) is 3.35. The minimum atomic E-state index is 0.394. The van der Waals surface area contributed by atoms with Crippen LogP contribution in [0.15, 0.2) is 10.7 Å². The molecule has 5 heteroatoms. The van der Waals surface area contributed by atoms with Crippen molar-refractivity contribution in [1.82, 2.24) is 15.2 Å². The summed E-state index contributed by atoms with van der Waals surface area (Å²) < 4.78 is 10.8. The van der Waals surface area contributed by atoms with Gasteiger partial charge in [-0.25, -0.2) is 0 Å². The molecule has 1 fully saturated rings. The van der Waals surface area contributed by atoms with E-state index in [0.29, 0.717) is 12.7 Å². The number of nitrogens with one attached hydrogen (secondary N) is 1. The number of oxazole rings is 1. The van der Waals surface area contributed by atoms with Crippen molar-refractivity contribution in [2.75, 3.05) is 32.8 Å². The van der Waals surface area contributed by atoms with Crippen LogP contribution in [0.5, 0.6) is 6.08 Å². The average Bonchev–Trinajstić information content (AvgIpc) is 2.88. The van der Waals surface area contributed by atoms with Crippen molar-refractivity contribution >= 4 is 0 Å². The normalized spacial score (nSPS) is 16.7. The number of ether oxygens (including phenoxy) is 1. The quantitative estimate of drug-likeness (QED) is 0.730. The van der Waals surface area contributed by atoms with E-state index in [2.05, 4.69) is 22.1 Å². The molecule has 0 saturated carbocycles. The van der Waals surface area contributed by atoms with Gasteiger partial charge in [-0.15, -0.1) is 0 Å². The fraction of sp³-hybridized carbons (Fsp3) is 0.786. The lowest BCUT2D eigenvalue weighted by Crippen LogP contribution is -2.33. The molecule has 5 nitrogen and oxygen atoms in total. The highest BCUT2D eigenvalue weighted by Gasteiger charge is 2.10. The molecule has 0 atom stereocenters. The highest BCUT2D eigenvalue weighted by atomic mass is 16.6. The molecular formula is C14H25N3O2. The van der Waals surface area contributed by atoms with Crippen LogP contribution in [0.1, 0.15) is 38.3 Å². The molecule has 0 aromatic carbocycles. The van der Waals surface area contributed by atoms with Crippen LogP contribution in [0.4, 0.5) is 0 Å². The van der Waals surface area contributed by atoms with Gasteiger partial charge in [0.2, 0.25) is 0 Å². The molecule has 1 aromatic heterocycles. The molecule has 0 amide bonds. The van der Waals surface area contributed by atoms with Crippen LogP contribution < -0.4 is 10.1 Å². The standard InChI is InChI=1S/C14H25N3O2/c1-2-6-15-11-13-12-19-14(16-13)18-10-9-17-7-4-3-5-8-17/h12,15H,2-11H2,1H3. The van der Waals surface area contributed by atoms with E-state index in [1.54, 1.807) is 6.26 Å². The predicted molar refractivity (Wildman–Crippen MR) is 74.3 cm³/mol. The van der Waals surface area contributed by atoms with Crippen LogP contribution in [0, 0.1) is 0 Å². The summed E-state index contributed by atoms with van der Waals surface area (Å²) in [7, 11) is 0. The molecule has 19 heavy (non-hydrogen) atoms. The Morgan fingerprint density at radius 1 is 1.37 bits per heavy atom. The van der Waals surface area contributed by atoms with Crippen LogP contribution >= 0.6 is 0 Å². The van der Waals surface area contributed by atoms with E-state index in [9.17, 15) is 0 Å². The Labute approximate surface area is 115 Å². The lowest BCUT2D eigenvalue weighted by Gasteiger charge is -2.25. The summed E-state index contributed by atoms with van der Waals surface area (Å²) in [6, 6.07) is 0. The van der Waals surface area contributed by atoms with E-state index in [1.165, 1.54) is 32.4 Å². The maximum Gasteiger partial charge on any atom is 0.393 e. The van der Waals surface area contributed by atoms with Gasteiger partial charge in [0, 0.05) is 13.1 Å². The smallest absolute Gasteiger partial charge is 0.393 e. The van der Waals surface area contributed by atoms with Gasteiger partial charge in [-0.05, 0) is 38.9 Å². The molecule has 1 aliphatic rings. The average molecular weight is 267 g/mol. The Morgan fingerprint density at radius 2 is 2.21 bits per heavy atom. The first-order valence-electron chi connectivity index (χ1n) is 7.38. The SMILES string of the molecule is CCCNCc1coc(OCCN2CCCCC2)n1. The molecule has 1 saturated heterocycles. The van der Waals surface area contributed by atoms with Crippen LogP contribution in [-0.4, -0.2) is 42.7 Å². The van der Waals surface area contributed by atoms with E-state index in [1.807, 2.05) is 0 Å². The van der Waals surface area contributed by atoms with E-state index in [4.69, 9.17) is 9.15 Å². The van der Waals surface area contributed by atoms with E-state index in [0.717, 1.165) is 31.7 Å². The molecule has 108 valence electrons. The summed E-state index contributed by atoms with van der Waals surface area (Å²) in [6.07, 6.45) is 7.17. The molecule has 0 radical (unpaired) electrons. The van der Waals surface area contributed by atoms with Gasteiger partial charge in [0.05, 0.1) is 5.69 Å². The molecule has 2 heterocycles. The maximum atomic E-state index is 5.55. The minimum Gasteiger partial charge on any atom is -0.449 e. The lowest BCUT2D eigenvalue weighted by molar-refractivity contribution is 0.159. The number of aromatic nitrogens is 1. The highest BCUT2D eigenvalue weighted by molar-refractivity contribution is 4.99. The Morgan fingerprint density at radius 3 is 3.00 bits per heavy atom. The number of hydrogen-bond donors (Lipinski definition) is 1. The second-order valence-corrected chi connectivity index (χ2v) is 5.03. The van der Waals surface area contributed by atoms with Crippen molar-refractivity contribution < 1.29 is 9.15 Å². The molecule has 1 aromatic rings. The van der Waals surface area contributed by atoms with Gasteiger partial charge < -0.3 is 14.5 Å². The van der Waals surface area contributed by atoms with Gasteiger partial charge in [-0.1, -0.05) is 13.3 Å². The van der Waals surface area contributed by atoms with Crippen LogP contribution in [0.25, 0.3) is 0 Å². The highest BCUT2D eigenvalue weighted by Crippen LogP contribution is 2.11. The van der Waals surface area contributed by atoms with Crippen molar-refractivity contribution in [1.29, 1.82) is 0 Å². The van der Waals surface area contributed by atoms with Crippen LogP contribution in [0.3, 0.4) is 0 Å². The van der Waals surface area contributed by atoms with E-state index < -0.39 is 0 Å². The number of rotatable bonds is 8. The van der Waals surface area contributed by atoms with Gasteiger partial charge >= 0.3 is 6.08 Å². The van der Waals surface area contributed by atoms with Gasteiger partial charge in [-0.3, -0.25) is 4.90 Å². The first-order chi connectivity index (χ1) is 9.38. The summed E-state index contributed by atoms with van der Waals surface area (Å²) in [5, 5.41) is 3.29. The monoisotopic (exact) mass is 267 g/mol. The Bertz CT molecular complexity index is 348. The number of likely N-dealkylation sites (tertiary alicyclic amines) is 1. The lowest BCUT2D eigenvalue weighted by atomic mass is 10.1. The van der Waals surface area contributed by atoms with Gasteiger partial charge in [-0.2, -0.15) is 4.98 Å². The molecule has 1 N–H and O–H groups in total. The van der Waals surface area contributed by atoms with Crippen molar-refractivity contribution in [2.24, 2.45) is 0 Å². The fourth-order valence-corrected chi connectivity index (χ4v) is 2.27. The number of nitrogens with zero attached hydrogens (tertiary/aromatic N) is 2. The van der Waals surface area contributed by atoms with Crippen LogP contribution in [0.2, 0.25) is 0 Å². The van der Waals surface area contributed by atoms with E-state index in [-0.39, 0.29) is 0 Å². The van der Waals surface area contributed by atoms with Crippen molar-refractivity contribution in [3.05, 3.63) is 12.0 Å². The predicted octanol–water partition coefficient (Wildman–Crippen LogP) is 2.04. The molecule has 0 bridgehead atoms. The second-order valence-electron chi connectivity index (χ2n) is 5.03. The topological polar surface area (TPSA) is 50.5 Å². The summed E-state index contributed by atoms with van der Waals surface area (Å²) in [4.78, 5) is 6.74. The molecule has 0 aliphatic carbocycles. The van der Waals surface area contributed by atoms with Gasteiger partial charge in [0.25, 0.3) is 0 Å². The van der Waals surface area contributed by atoms with Gasteiger partial charge in [0.15, 0.2) is 0 Å². The second kappa shape index (κ2) is 8.17. The number of piperidine rings is 1. The van der Waals surface area contributed by atoms with Crippen molar-refractivity contribution in [3.8, 4) is 6.08 Å². The van der Waals surface area contributed by atoms with Gasteiger partial charge in [0.1, 0.15) is 12.9 Å². The first kappa shape index (κ1) is 14.3. The number of hydrogen-bond acceptors (Lipinski definition) is 5.